The van der Waals surface area contributed by atoms with Crippen LogP contribution in [-0.2, 0) is 6.54 Å². The quantitative estimate of drug-likeness (QED) is 0.914. The summed E-state index contributed by atoms with van der Waals surface area (Å²) in [5, 5.41) is 3.56. The molecular weight excluding hydrogens is 270 g/mol. The van der Waals surface area contributed by atoms with Gasteiger partial charge in [-0.3, -0.25) is 4.90 Å². The first kappa shape index (κ1) is 16.4. The van der Waals surface area contributed by atoms with Crippen LogP contribution >= 0.6 is 0 Å². The van der Waals surface area contributed by atoms with Crippen molar-refractivity contribution in [1.82, 2.24) is 10.2 Å². The van der Waals surface area contributed by atoms with Crippen LogP contribution in [0.1, 0.15) is 39.2 Å². The lowest BCUT2D eigenvalue weighted by atomic mass is 9.96. The molecule has 0 bridgehead atoms. The van der Waals surface area contributed by atoms with Gasteiger partial charge in [-0.2, -0.15) is 0 Å². The number of nitrogens with zero attached hydrogens (tertiary/aromatic N) is 1. The highest BCUT2D eigenvalue weighted by atomic mass is 19.2. The molecule has 1 aliphatic rings. The fraction of sp³-hybridized carbons (Fsp3) is 0.647. The maximum atomic E-state index is 13.3. The number of hydrogen-bond donors (Lipinski definition) is 1. The van der Waals surface area contributed by atoms with Crippen LogP contribution in [0.25, 0.3) is 0 Å². The summed E-state index contributed by atoms with van der Waals surface area (Å²) in [6.07, 6.45) is 2.40. The molecule has 1 aromatic rings. The molecule has 118 valence electrons. The molecule has 0 aliphatic carbocycles. The third-order valence-electron chi connectivity index (χ3n) is 3.91. The first-order chi connectivity index (χ1) is 9.83. The zero-order valence-corrected chi connectivity index (χ0v) is 13.3. The average Bonchev–Trinajstić information content (AvgIpc) is 2.40. The van der Waals surface area contributed by atoms with Crippen molar-refractivity contribution in [2.75, 3.05) is 19.6 Å². The van der Waals surface area contributed by atoms with Crippen molar-refractivity contribution in [3.05, 3.63) is 35.4 Å². The molecule has 0 saturated carbocycles. The summed E-state index contributed by atoms with van der Waals surface area (Å²) >= 11 is 0. The largest absolute Gasteiger partial charge is 0.312 e. The lowest BCUT2D eigenvalue weighted by Gasteiger charge is -2.34. The van der Waals surface area contributed by atoms with Crippen LogP contribution in [0.5, 0.6) is 0 Å². The molecule has 1 fully saturated rings. The van der Waals surface area contributed by atoms with Crippen molar-refractivity contribution in [2.45, 2.75) is 45.7 Å². The van der Waals surface area contributed by atoms with Gasteiger partial charge in [-0.15, -0.1) is 0 Å². The van der Waals surface area contributed by atoms with E-state index in [-0.39, 0.29) is 5.54 Å². The van der Waals surface area contributed by atoms with Crippen LogP contribution in [0.4, 0.5) is 8.78 Å². The van der Waals surface area contributed by atoms with E-state index >= 15 is 0 Å². The maximum Gasteiger partial charge on any atom is 0.159 e. The monoisotopic (exact) mass is 296 g/mol. The van der Waals surface area contributed by atoms with Crippen LogP contribution in [0.15, 0.2) is 18.2 Å². The van der Waals surface area contributed by atoms with Gasteiger partial charge in [0, 0.05) is 18.6 Å². The predicted octanol–water partition coefficient (Wildman–Crippen LogP) is 3.56. The molecule has 21 heavy (non-hydrogen) atoms. The van der Waals surface area contributed by atoms with Gasteiger partial charge >= 0.3 is 0 Å². The first-order valence-corrected chi connectivity index (χ1v) is 7.75. The Bertz CT molecular complexity index is 468. The molecule has 1 heterocycles. The second-order valence-corrected chi connectivity index (χ2v) is 7.12. The number of rotatable bonds is 4. The molecule has 0 aromatic heterocycles. The van der Waals surface area contributed by atoms with Gasteiger partial charge in [-0.25, -0.2) is 8.78 Å². The molecule has 1 atom stereocenters. The van der Waals surface area contributed by atoms with Gasteiger partial charge in [-0.05, 0) is 70.3 Å². The molecule has 1 unspecified atom stereocenters. The Morgan fingerprint density at radius 2 is 2.00 bits per heavy atom. The van der Waals surface area contributed by atoms with E-state index in [0.717, 1.165) is 25.2 Å². The van der Waals surface area contributed by atoms with Crippen LogP contribution in [0.3, 0.4) is 0 Å². The highest BCUT2D eigenvalue weighted by Gasteiger charge is 2.21. The molecule has 0 radical (unpaired) electrons. The molecular formula is C17H26F2N2. The van der Waals surface area contributed by atoms with Gasteiger partial charge in [0.15, 0.2) is 11.6 Å². The molecule has 4 heteroatoms. The van der Waals surface area contributed by atoms with E-state index in [0.29, 0.717) is 12.5 Å². The number of nitrogens with one attached hydrogen (secondary N) is 1. The fourth-order valence-corrected chi connectivity index (χ4v) is 2.81. The van der Waals surface area contributed by atoms with Gasteiger partial charge in [0.1, 0.15) is 0 Å². The molecule has 2 rings (SSSR count). The Morgan fingerprint density at radius 3 is 2.67 bits per heavy atom. The van der Waals surface area contributed by atoms with Gasteiger partial charge in [0.2, 0.25) is 0 Å². The highest BCUT2D eigenvalue weighted by molar-refractivity contribution is 5.17. The van der Waals surface area contributed by atoms with E-state index in [1.165, 1.54) is 25.0 Å². The molecule has 1 aliphatic heterocycles. The predicted molar refractivity (Wildman–Crippen MR) is 82.1 cm³/mol. The average molecular weight is 296 g/mol. The zero-order chi connectivity index (χ0) is 15.5. The summed E-state index contributed by atoms with van der Waals surface area (Å²) in [4.78, 5) is 2.34. The molecule has 1 aromatic carbocycles. The number of benzene rings is 1. The summed E-state index contributed by atoms with van der Waals surface area (Å²) < 4.78 is 26.2. The standard InChI is InChI=1S/C17H26F2N2/c1-17(2,3)20-10-14-5-4-8-21(12-14)11-13-6-7-15(18)16(19)9-13/h6-7,9,14,20H,4-5,8,10-12H2,1-3H3. The van der Waals surface area contributed by atoms with E-state index in [9.17, 15) is 8.78 Å². The van der Waals surface area contributed by atoms with Crippen molar-refractivity contribution in [1.29, 1.82) is 0 Å². The number of hydrogen-bond acceptors (Lipinski definition) is 2. The summed E-state index contributed by atoms with van der Waals surface area (Å²) in [6.45, 7) is 10.3. The van der Waals surface area contributed by atoms with Crippen LogP contribution in [0.2, 0.25) is 0 Å². The van der Waals surface area contributed by atoms with Gasteiger partial charge in [0.05, 0.1) is 0 Å². The third kappa shape index (κ3) is 5.36. The summed E-state index contributed by atoms with van der Waals surface area (Å²) in [5.41, 5.74) is 0.987. The molecule has 1 N–H and O–H groups in total. The zero-order valence-electron chi connectivity index (χ0n) is 13.3. The van der Waals surface area contributed by atoms with Crippen LogP contribution < -0.4 is 5.32 Å². The van der Waals surface area contributed by atoms with E-state index in [4.69, 9.17) is 0 Å². The smallest absolute Gasteiger partial charge is 0.159 e. The van der Waals surface area contributed by atoms with E-state index < -0.39 is 11.6 Å². The van der Waals surface area contributed by atoms with Crippen LogP contribution in [0, 0.1) is 17.6 Å². The number of likely N-dealkylation sites (tertiary alicyclic amines) is 1. The second-order valence-electron chi connectivity index (χ2n) is 7.12. The minimum Gasteiger partial charge on any atom is -0.312 e. The molecule has 1 saturated heterocycles. The minimum atomic E-state index is -0.773. The van der Waals surface area contributed by atoms with E-state index in [1.54, 1.807) is 6.07 Å². The third-order valence-corrected chi connectivity index (χ3v) is 3.91. The van der Waals surface area contributed by atoms with Crippen molar-refractivity contribution in [3.8, 4) is 0 Å². The SMILES string of the molecule is CC(C)(C)NCC1CCCN(Cc2ccc(F)c(F)c2)C1. The molecule has 0 spiro atoms. The Morgan fingerprint density at radius 1 is 1.24 bits per heavy atom. The van der Waals surface area contributed by atoms with Crippen molar-refractivity contribution >= 4 is 0 Å². The molecule has 2 nitrogen and oxygen atoms in total. The van der Waals surface area contributed by atoms with Gasteiger partial charge < -0.3 is 5.32 Å². The van der Waals surface area contributed by atoms with Gasteiger partial charge in [0.25, 0.3) is 0 Å². The first-order valence-electron chi connectivity index (χ1n) is 7.75. The lowest BCUT2D eigenvalue weighted by molar-refractivity contribution is 0.159. The number of halogens is 2. The minimum absolute atomic E-state index is 0.141. The summed E-state index contributed by atoms with van der Waals surface area (Å²) in [5.74, 6) is -0.900. The Balaban J connectivity index is 1.87. The Hall–Kier alpha value is -1.00. The van der Waals surface area contributed by atoms with Crippen molar-refractivity contribution < 1.29 is 8.78 Å². The Kier molecular flexibility index (Phi) is 5.33. The normalized spacial score (nSPS) is 20.7. The number of piperidine rings is 1. The Labute approximate surface area is 126 Å². The highest BCUT2D eigenvalue weighted by Crippen LogP contribution is 2.19. The second kappa shape index (κ2) is 6.84. The van der Waals surface area contributed by atoms with Crippen molar-refractivity contribution in [2.24, 2.45) is 5.92 Å². The fourth-order valence-electron chi connectivity index (χ4n) is 2.81. The van der Waals surface area contributed by atoms with Crippen LogP contribution in [-0.4, -0.2) is 30.1 Å². The van der Waals surface area contributed by atoms with Crippen molar-refractivity contribution in [3.63, 3.8) is 0 Å². The molecule has 0 amide bonds. The van der Waals surface area contributed by atoms with E-state index in [2.05, 4.69) is 31.0 Å². The van der Waals surface area contributed by atoms with E-state index in [1.807, 2.05) is 0 Å². The summed E-state index contributed by atoms with van der Waals surface area (Å²) in [7, 11) is 0. The summed E-state index contributed by atoms with van der Waals surface area (Å²) in [6, 6.07) is 4.20. The lowest BCUT2D eigenvalue weighted by Crippen LogP contribution is -2.44. The maximum absolute atomic E-state index is 13.3. The topological polar surface area (TPSA) is 15.3 Å². The van der Waals surface area contributed by atoms with Gasteiger partial charge in [-0.1, -0.05) is 6.07 Å².